The molecule has 1 aromatic heterocycles. The number of nitrogens with zero attached hydrogens (tertiary/aromatic N) is 4. The molecule has 1 aliphatic heterocycles. The summed E-state index contributed by atoms with van der Waals surface area (Å²) >= 11 is 1.49. The van der Waals surface area contributed by atoms with Gasteiger partial charge in [0.15, 0.2) is 5.16 Å². The molecular formula is C18H22N4OS. The molecule has 1 aromatic carbocycles. The Bertz CT molecular complexity index is 699. The van der Waals surface area contributed by atoms with Crippen LogP contribution in [0.3, 0.4) is 0 Å². The molecule has 0 saturated carbocycles. The lowest BCUT2D eigenvalue weighted by Gasteiger charge is -2.34. The van der Waals surface area contributed by atoms with E-state index in [1.165, 1.54) is 17.3 Å². The zero-order valence-electron chi connectivity index (χ0n) is 14.1. The van der Waals surface area contributed by atoms with E-state index >= 15 is 0 Å². The average Bonchev–Trinajstić information content (AvgIpc) is 2.62. The summed E-state index contributed by atoms with van der Waals surface area (Å²) in [6, 6.07) is 10.5. The van der Waals surface area contributed by atoms with Gasteiger partial charge in [0.1, 0.15) is 0 Å². The Balaban J connectivity index is 1.59. The minimum absolute atomic E-state index is 0.0412. The van der Waals surface area contributed by atoms with Crippen LogP contribution >= 0.6 is 11.8 Å². The van der Waals surface area contributed by atoms with Gasteiger partial charge in [-0.05, 0) is 18.7 Å². The van der Waals surface area contributed by atoms with Crippen LogP contribution in [0.4, 0.5) is 0 Å². The summed E-state index contributed by atoms with van der Waals surface area (Å²) in [4.78, 5) is 25.6. The van der Waals surface area contributed by atoms with Crippen LogP contribution in [0.25, 0.3) is 0 Å². The third kappa shape index (κ3) is 3.94. The summed E-state index contributed by atoms with van der Waals surface area (Å²) in [6.45, 7) is 6.09. The zero-order chi connectivity index (χ0) is 16.9. The first-order valence-electron chi connectivity index (χ1n) is 8.10. The van der Waals surface area contributed by atoms with Crippen molar-refractivity contribution >= 4 is 17.7 Å². The van der Waals surface area contributed by atoms with Crippen molar-refractivity contribution in [3.63, 3.8) is 0 Å². The number of amides is 1. The highest BCUT2D eigenvalue weighted by atomic mass is 32.2. The van der Waals surface area contributed by atoms with Crippen molar-refractivity contribution in [2.24, 2.45) is 0 Å². The van der Waals surface area contributed by atoms with Crippen LogP contribution < -0.4 is 0 Å². The molecule has 6 heteroatoms. The van der Waals surface area contributed by atoms with Gasteiger partial charge < -0.3 is 4.90 Å². The van der Waals surface area contributed by atoms with E-state index in [0.29, 0.717) is 10.7 Å². The van der Waals surface area contributed by atoms with Crippen molar-refractivity contribution in [3.8, 4) is 0 Å². The largest absolute Gasteiger partial charge is 0.336 e. The maximum absolute atomic E-state index is 12.7. The minimum atomic E-state index is 0.0412. The first-order chi connectivity index (χ1) is 11.7. The van der Waals surface area contributed by atoms with Crippen LogP contribution in [0.5, 0.6) is 0 Å². The first kappa shape index (κ1) is 16.9. The molecule has 1 fully saturated rings. The third-order valence-electron chi connectivity index (χ3n) is 4.28. The van der Waals surface area contributed by atoms with Crippen LogP contribution in [0.1, 0.15) is 21.6 Å². The summed E-state index contributed by atoms with van der Waals surface area (Å²) in [5.41, 5.74) is 2.68. The van der Waals surface area contributed by atoms with E-state index in [9.17, 15) is 4.79 Å². The van der Waals surface area contributed by atoms with Crippen LogP contribution in [-0.4, -0.2) is 58.1 Å². The van der Waals surface area contributed by atoms with Gasteiger partial charge >= 0.3 is 0 Å². The van der Waals surface area contributed by atoms with Gasteiger partial charge in [-0.1, -0.05) is 42.1 Å². The number of rotatable bonds is 4. The molecule has 2 aromatic rings. The predicted octanol–water partition coefficient (Wildman–Crippen LogP) is 2.46. The monoisotopic (exact) mass is 342 g/mol. The number of aromatic nitrogens is 2. The fourth-order valence-electron chi connectivity index (χ4n) is 2.88. The Kier molecular flexibility index (Phi) is 5.48. The average molecular weight is 342 g/mol. The third-order valence-corrected chi connectivity index (χ3v) is 4.84. The van der Waals surface area contributed by atoms with Gasteiger partial charge in [0.2, 0.25) is 0 Å². The maximum Gasteiger partial charge on any atom is 0.257 e. The summed E-state index contributed by atoms with van der Waals surface area (Å²) in [6.07, 6.45) is 3.59. The summed E-state index contributed by atoms with van der Waals surface area (Å²) < 4.78 is 0. The Hall–Kier alpha value is -1.92. The van der Waals surface area contributed by atoms with Gasteiger partial charge in [0.25, 0.3) is 5.91 Å². The fraction of sp³-hybridized carbons (Fsp3) is 0.389. The van der Waals surface area contributed by atoms with Crippen LogP contribution in [0, 0.1) is 6.92 Å². The fourth-order valence-corrected chi connectivity index (χ4v) is 3.26. The van der Waals surface area contributed by atoms with E-state index in [-0.39, 0.29) is 5.91 Å². The lowest BCUT2D eigenvalue weighted by Crippen LogP contribution is -2.48. The quantitative estimate of drug-likeness (QED) is 0.631. The van der Waals surface area contributed by atoms with E-state index < -0.39 is 0 Å². The summed E-state index contributed by atoms with van der Waals surface area (Å²) in [5, 5.41) is 0.705. The molecule has 0 N–H and O–H groups in total. The summed E-state index contributed by atoms with van der Waals surface area (Å²) in [7, 11) is 0. The molecule has 1 saturated heterocycles. The number of benzene rings is 1. The lowest BCUT2D eigenvalue weighted by molar-refractivity contribution is 0.0626. The Morgan fingerprint density at radius 1 is 1.17 bits per heavy atom. The van der Waals surface area contributed by atoms with Crippen LogP contribution in [-0.2, 0) is 6.54 Å². The first-order valence-corrected chi connectivity index (χ1v) is 9.33. The van der Waals surface area contributed by atoms with Gasteiger partial charge in [-0.2, -0.15) is 0 Å². The Morgan fingerprint density at radius 3 is 2.50 bits per heavy atom. The van der Waals surface area contributed by atoms with E-state index in [1.54, 1.807) is 6.20 Å². The molecule has 3 rings (SSSR count). The van der Waals surface area contributed by atoms with E-state index in [0.717, 1.165) is 38.4 Å². The molecule has 5 nitrogen and oxygen atoms in total. The van der Waals surface area contributed by atoms with Gasteiger partial charge in [-0.3, -0.25) is 9.69 Å². The molecule has 0 atom stereocenters. The normalized spacial score (nSPS) is 15.5. The highest BCUT2D eigenvalue weighted by Crippen LogP contribution is 2.15. The van der Waals surface area contributed by atoms with Gasteiger partial charge in [0.05, 0.1) is 11.3 Å². The van der Waals surface area contributed by atoms with Crippen molar-refractivity contribution in [3.05, 3.63) is 53.3 Å². The van der Waals surface area contributed by atoms with Gasteiger partial charge in [-0.25, -0.2) is 9.97 Å². The number of piperazine rings is 1. The molecular weight excluding hydrogens is 320 g/mol. The van der Waals surface area contributed by atoms with E-state index in [2.05, 4.69) is 39.1 Å². The SMILES string of the molecule is CSc1ncc(C(=O)N2CCN(Cc3ccccc3)CC2)c(C)n1. The zero-order valence-corrected chi connectivity index (χ0v) is 14.9. The Morgan fingerprint density at radius 2 is 1.88 bits per heavy atom. The second kappa shape index (κ2) is 7.77. The Labute approximate surface area is 147 Å². The smallest absolute Gasteiger partial charge is 0.257 e. The molecule has 126 valence electrons. The number of thioether (sulfide) groups is 1. The molecule has 0 aliphatic carbocycles. The van der Waals surface area contributed by atoms with Crippen molar-refractivity contribution in [1.29, 1.82) is 0 Å². The van der Waals surface area contributed by atoms with Crippen molar-refractivity contribution in [2.45, 2.75) is 18.6 Å². The predicted molar refractivity (Wildman–Crippen MR) is 96.2 cm³/mol. The van der Waals surface area contributed by atoms with E-state index in [1.807, 2.05) is 24.1 Å². The molecule has 1 amide bonds. The molecule has 0 bridgehead atoms. The van der Waals surface area contributed by atoms with Gasteiger partial charge in [-0.15, -0.1) is 0 Å². The van der Waals surface area contributed by atoms with Crippen LogP contribution in [0.2, 0.25) is 0 Å². The molecule has 24 heavy (non-hydrogen) atoms. The van der Waals surface area contributed by atoms with Crippen molar-refractivity contribution in [2.75, 3.05) is 32.4 Å². The lowest BCUT2D eigenvalue weighted by atomic mass is 10.1. The van der Waals surface area contributed by atoms with Gasteiger partial charge in [0, 0.05) is 38.9 Å². The minimum Gasteiger partial charge on any atom is -0.336 e. The second-order valence-corrected chi connectivity index (χ2v) is 6.68. The number of carbonyl (C=O) groups excluding carboxylic acids is 1. The second-order valence-electron chi connectivity index (χ2n) is 5.91. The molecule has 1 aliphatic rings. The van der Waals surface area contributed by atoms with E-state index in [4.69, 9.17) is 0 Å². The highest BCUT2D eigenvalue weighted by molar-refractivity contribution is 7.98. The van der Waals surface area contributed by atoms with Crippen molar-refractivity contribution < 1.29 is 4.79 Å². The summed E-state index contributed by atoms with van der Waals surface area (Å²) in [5.74, 6) is 0.0412. The molecule has 0 unspecified atom stereocenters. The van der Waals surface area contributed by atoms with Crippen LogP contribution in [0.15, 0.2) is 41.7 Å². The topological polar surface area (TPSA) is 49.3 Å². The molecule has 0 radical (unpaired) electrons. The highest BCUT2D eigenvalue weighted by Gasteiger charge is 2.24. The maximum atomic E-state index is 12.7. The number of hydrogen-bond donors (Lipinski definition) is 0. The number of aryl methyl sites for hydroxylation is 1. The standard InChI is InChI=1S/C18H22N4OS/c1-14-16(12-19-18(20-14)24-2)17(23)22-10-8-21(9-11-22)13-15-6-4-3-5-7-15/h3-7,12H,8-11,13H2,1-2H3. The number of hydrogen-bond acceptors (Lipinski definition) is 5. The molecule has 0 spiro atoms. The molecule has 2 heterocycles. The number of carbonyl (C=O) groups is 1. The van der Waals surface area contributed by atoms with Crippen molar-refractivity contribution in [1.82, 2.24) is 19.8 Å².